The lowest BCUT2D eigenvalue weighted by atomic mass is 9.77. The summed E-state index contributed by atoms with van der Waals surface area (Å²) >= 11 is 0. The summed E-state index contributed by atoms with van der Waals surface area (Å²) in [5.41, 5.74) is 0.509. The Morgan fingerprint density at radius 1 is 1.28 bits per heavy atom. The predicted molar refractivity (Wildman–Crippen MR) is 69.3 cm³/mol. The molecule has 0 aromatic heterocycles. The lowest BCUT2D eigenvalue weighted by Gasteiger charge is -2.23. The molecule has 0 bridgehead atoms. The van der Waals surface area contributed by atoms with E-state index < -0.39 is 5.41 Å². The zero-order valence-corrected chi connectivity index (χ0v) is 9.76. The molecule has 1 aromatic carbocycles. The molecule has 1 aliphatic rings. The fourth-order valence-corrected chi connectivity index (χ4v) is 1.96. The standard InChI is InChI=1S/C16H11NO/c1-2-16(10-13-6-4-3-5-7-13)9-8-15(18)14(11-16)12-17/h1,3-9,11H,10H2. The van der Waals surface area contributed by atoms with Gasteiger partial charge in [0.2, 0.25) is 0 Å². The zero-order valence-electron chi connectivity index (χ0n) is 9.76. The van der Waals surface area contributed by atoms with Crippen molar-refractivity contribution in [1.82, 2.24) is 0 Å². The molecule has 0 spiro atoms. The van der Waals surface area contributed by atoms with Gasteiger partial charge in [-0.1, -0.05) is 42.3 Å². The Labute approximate surface area is 106 Å². The molecular weight excluding hydrogens is 222 g/mol. The van der Waals surface area contributed by atoms with E-state index in [1.807, 2.05) is 36.4 Å². The van der Waals surface area contributed by atoms with Gasteiger partial charge in [-0.2, -0.15) is 5.26 Å². The van der Waals surface area contributed by atoms with Crippen molar-refractivity contribution in [3.05, 3.63) is 59.7 Å². The molecule has 2 heteroatoms. The van der Waals surface area contributed by atoms with Crippen molar-refractivity contribution in [3.63, 3.8) is 0 Å². The molecule has 86 valence electrons. The van der Waals surface area contributed by atoms with E-state index in [2.05, 4.69) is 5.92 Å². The van der Waals surface area contributed by atoms with E-state index in [0.717, 1.165) is 5.56 Å². The third-order valence-electron chi connectivity index (χ3n) is 2.93. The van der Waals surface area contributed by atoms with Gasteiger partial charge in [0.25, 0.3) is 0 Å². The summed E-state index contributed by atoms with van der Waals surface area (Å²) in [6, 6.07) is 11.7. The van der Waals surface area contributed by atoms with E-state index in [1.54, 1.807) is 12.2 Å². The minimum Gasteiger partial charge on any atom is -0.289 e. The number of carbonyl (C=O) groups excluding carboxylic acids is 1. The molecule has 1 aromatic rings. The first-order chi connectivity index (χ1) is 8.69. The fourth-order valence-electron chi connectivity index (χ4n) is 1.96. The van der Waals surface area contributed by atoms with Crippen molar-refractivity contribution in [2.24, 2.45) is 5.41 Å². The minimum absolute atomic E-state index is 0.117. The highest BCUT2D eigenvalue weighted by Crippen LogP contribution is 2.30. The van der Waals surface area contributed by atoms with Crippen molar-refractivity contribution in [1.29, 1.82) is 5.26 Å². The molecule has 0 fully saturated rings. The number of allylic oxidation sites excluding steroid dienone is 4. The number of rotatable bonds is 2. The van der Waals surface area contributed by atoms with Crippen LogP contribution in [0.3, 0.4) is 0 Å². The van der Waals surface area contributed by atoms with Gasteiger partial charge in [0.1, 0.15) is 6.07 Å². The Kier molecular flexibility index (Phi) is 3.13. The van der Waals surface area contributed by atoms with Crippen molar-refractivity contribution in [2.75, 3.05) is 0 Å². The number of terminal acetylenes is 1. The van der Waals surface area contributed by atoms with Crippen LogP contribution in [-0.2, 0) is 11.2 Å². The van der Waals surface area contributed by atoms with Crippen LogP contribution in [0.1, 0.15) is 5.56 Å². The van der Waals surface area contributed by atoms with Crippen LogP contribution in [0.2, 0.25) is 0 Å². The average molecular weight is 233 g/mol. The molecular formula is C16H11NO. The van der Waals surface area contributed by atoms with Crippen LogP contribution in [0, 0.1) is 29.1 Å². The number of carbonyl (C=O) groups is 1. The van der Waals surface area contributed by atoms with Crippen LogP contribution in [-0.4, -0.2) is 5.78 Å². The summed E-state index contributed by atoms with van der Waals surface area (Å²) in [6.45, 7) is 0. The number of ketones is 1. The quantitative estimate of drug-likeness (QED) is 0.736. The number of nitriles is 1. The van der Waals surface area contributed by atoms with Crippen molar-refractivity contribution < 1.29 is 4.79 Å². The summed E-state index contributed by atoms with van der Waals surface area (Å²) < 4.78 is 0. The van der Waals surface area contributed by atoms with Gasteiger partial charge in [0.05, 0.1) is 11.0 Å². The largest absolute Gasteiger partial charge is 0.289 e. The fraction of sp³-hybridized carbons (Fsp3) is 0.125. The Balaban J connectivity index is 2.37. The van der Waals surface area contributed by atoms with Crippen LogP contribution in [0.15, 0.2) is 54.1 Å². The zero-order chi connectivity index (χ0) is 13.0. The second-order valence-electron chi connectivity index (χ2n) is 4.21. The third-order valence-corrected chi connectivity index (χ3v) is 2.93. The SMILES string of the molecule is C#CC1(Cc2ccccc2)C=CC(=O)C(C#N)=C1. The van der Waals surface area contributed by atoms with Gasteiger partial charge in [-0.25, -0.2) is 0 Å². The first-order valence-corrected chi connectivity index (χ1v) is 5.57. The van der Waals surface area contributed by atoms with E-state index >= 15 is 0 Å². The van der Waals surface area contributed by atoms with Crippen molar-refractivity contribution in [2.45, 2.75) is 6.42 Å². The topological polar surface area (TPSA) is 40.9 Å². The molecule has 2 rings (SSSR count). The first kappa shape index (κ1) is 11.9. The Morgan fingerprint density at radius 2 is 2.00 bits per heavy atom. The second-order valence-corrected chi connectivity index (χ2v) is 4.21. The summed E-state index contributed by atoms with van der Waals surface area (Å²) in [5, 5.41) is 8.91. The molecule has 0 saturated heterocycles. The van der Waals surface area contributed by atoms with E-state index in [-0.39, 0.29) is 11.4 Å². The molecule has 1 aliphatic carbocycles. The summed E-state index contributed by atoms with van der Waals surface area (Å²) in [4.78, 5) is 11.4. The highest BCUT2D eigenvalue weighted by Gasteiger charge is 2.28. The maximum Gasteiger partial charge on any atom is 0.195 e. The van der Waals surface area contributed by atoms with E-state index in [4.69, 9.17) is 11.7 Å². The first-order valence-electron chi connectivity index (χ1n) is 5.57. The van der Waals surface area contributed by atoms with Gasteiger partial charge in [0, 0.05) is 0 Å². The van der Waals surface area contributed by atoms with Gasteiger partial charge >= 0.3 is 0 Å². The second kappa shape index (κ2) is 4.73. The molecule has 18 heavy (non-hydrogen) atoms. The van der Waals surface area contributed by atoms with Crippen LogP contribution in [0.25, 0.3) is 0 Å². The van der Waals surface area contributed by atoms with Gasteiger partial charge in [-0.05, 0) is 24.1 Å². The van der Waals surface area contributed by atoms with Gasteiger partial charge in [-0.15, -0.1) is 6.42 Å². The molecule has 0 amide bonds. The highest BCUT2D eigenvalue weighted by atomic mass is 16.1. The van der Waals surface area contributed by atoms with Crippen LogP contribution in [0.4, 0.5) is 0 Å². The molecule has 0 aliphatic heterocycles. The maximum absolute atomic E-state index is 11.4. The van der Waals surface area contributed by atoms with Crippen molar-refractivity contribution >= 4 is 5.78 Å². The normalized spacial score (nSPS) is 21.9. The van der Waals surface area contributed by atoms with E-state index in [9.17, 15) is 4.79 Å². The van der Waals surface area contributed by atoms with Gasteiger partial charge in [0.15, 0.2) is 5.78 Å². The summed E-state index contributed by atoms with van der Waals surface area (Å²) in [7, 11) is 0. The number of nitrogens with zero attached hydrogens (tertiary/aromatic N) is 1. The minimum atomic E-state index is -0.680. The smallest absolute Gasteiger partial charge is 0.195 e. The molecule has 2 nitrogen and oxygen atoms in total. The molecule has 1 atom stereocenters. The monoisotopic (exact) mass is 233 g/mol. The predicted octanol–water partition coefficient (Wildman–Crippen LogP) is 2.44. The maximum atomic E-state index is 11.4. The number of hydrogen-bond donors (Lipinski definition) is 0. The lowest BCUT2D eigenvalue weighted by Crippen LogP contribution is -2.21. The number of hydrogen-bond acceptors (Lipinski definition) is 2. The third kappa shape index (κ3) is 2.24. The summed E-state index contributed by atoms with van der Waals surface area (Å²) in [5.74, 6) is 2.40. The Bertz CT molecular complexity index is 611. The molecule has 1 unspecified atom stereocenters. The molecule has 0 heterocycles. The van der Waals surface area contributed by atoms with Crippen LogP contribution in [0.5, 0.6) is 0 Å². The van der Waals surface area contributed by atoms with E-state index in [0.29, 0.717) is 6.42 Å². The Morgan fingerprint density at radius 3 is 2.61 bits per heavy atom. The van der Waals surface area contributed by atoms with Gasteiger partial charge in [-0.3, -0.25) is 4.79 Å². The van der Waals surface area contributed by atoms with Crippen LogP contribution >= 0.6 is 0 Å². The Hall–Kier alpha value is -2.58. The van der Waals surface area contributed by atoms with Gasteiger partial charge < -0.3 is 0 Å². The highest BCUT2D eigenvalue weighted by molar-refractivity contribution is 6.08. The molecule has 0 N–H and O–H groups in total. The lowest BCUT2D eigenvalue weighted by molar-refractivity contribution is -0.111. The van der Waals surface area contributed by atoms with Crippen LogP contribution < -0.4 is 0 Å². The van der Waals surface area contributed by atoms with E-state index in [1.165, 1.54) is 6.08 Å². The molecule has 0 saturated carbocycles. The van der Waals surface area contributed by atoms with Crippen molar-refractivity contribution in [3.8, 4) is 18.4 Å². The average Bonchev–Trinajstić information content (AvgIpc) is 2.42. The molecule has 0 radical (unpaired) electrons. The number of benzene rings is 1. The summed E-state index contributed by atoms with van der Waals surface area (Å²) in [6.07, 6.45) is 10.8.